The molecule has 0 saturated heterocycles. The molecule has 1 N–H and O–H groups in total. The molecule has 158 valence electrons. The lowest BCUT2D eigenvalue weighted by atomic mass is 10.1. The van der Waals surface area contributed by atoms with Gasteiger partial charge in [-0.2, -0.15) is 0 Å². The standard InChI is InChI=1S/C23H20N2O6/c1-15-8-10-17(11-9-15)24-22(26)21(16-6-4-3-5-7-16)31-23(27)19-14-18(25(28)29)12-13-20(19)30-2/h3-14,21H,1-2H3,(H,24,26). The Morgan fingerprint density at radius 1 is 1.00 bits per heavy atom. The normalized spacial score (nSPS) is 11.3. The second-order valence-corrected chi connectivity index (χ2v) is 6.69. The molecule has 3 aromatic carbocycles. The summed E-state index contributed by atoms with van der Waals surface area (Å²) in [7, 11) is 1.33. The van der Waals surface area contributed by atoms with Gasteiger partial charge in [0.2, 0.25) is 6.10 Å². The first-order valence-electron chi connectivity index (χ1n) is 9.35. The molecular formula is C23H20N2O6. The van der Waals surface area contributed by atoms with Crippen LogP contribution in [0.4, 0.5) is 11.4 Å². The molecule has 0 aliphatic heterocycles. The summed E-state index contributed by atoms with van der Waals surface area (Å²) in [6, 6.07) is 19.2. The Labute approximate surface area is 178 Å². The molecule has 8 heteroatoms. The van der Waals surface area contributed by atoms with Crippen LogP contribution in [0.3, 0.4) is 0 Å². The summed E-state index contributed by atoms with van der Waals surface area (Å²) in [5.74, 6) is -1.39. The van der Waals surface area contributed by atoms with Crippen molar-refractivity contribution in [1.82, 2.24) is 0 Å². The minimum Gasteiger partial charge on any atom is -0.496 e. The zero-order chi connectivity index (χ0) is 22.4. The lowest BCUT2D eigenvalue weighted by molar-refractivity contribution is -0.384. The van der Waals surface area contributed by atoms with Crippen LogP contribution in [0.15, 0.2) is 72.8 Å². The summed E-state index contributed by atoms with van der Waals surface area (Å²) in [5, 5.41) is 13.8. The monoisotopic (exact) mass is 420 g/mol. The van der Waals surface area contributed by atoms with Gasteiger partial charge in [0, 0.05) is 23.4 Å². The first-order valence-corrected chi connectivity index (χ1v) is 9.35. The number of carbonyl (C=O) groups is 2. The number of non-ortho nitro benzene ring substituents is 1. The molecule has 0 bridgehead atoms. The Kier molecular flexibility index (Phi) is 6.61. The molecule has 31 heavy (non-hydrogen) atoms. The number of nitro groups is 1. The van der Waals surface area contributed by atoms with Crippen LogP contribution in [0.2, 0.25) is 0 Å². The average Bonchev–Trinajstić information content (AvgIpc) is 2.78. The molecule has 0 aliphatic carbocycles. The molecule has 1 unspecified atom stereocenters. The first kappa shape index (κ1) is 21.5. The van der Waals surface area contributed by atoms with Crippen LogP contribution in [0.5, 0.6) is 5.75 Å². The number of carbonyl (C=O) groups excluding carboxylic acids is 2. The van der Waals surface area contributed by atoms with E-state index in [9.17, 15) is 19.7 Å². The second kappa shape index (κ2) is 9.53. The predicted molar refractivity (Wildman–Crippen MR) is 114 cm³/mol. The van der Waals surface area contributed by atoms with E-state index in [0.29, 0.717) is 11.3 Å². The highest BCUT2D eigenvalue weighted by atomic mass is 16.6. The lowest BCUT2D eigenvalue weighted by Gasteiger charge is -2.19. The van der Waals surface area contributed by atoms with Crippen molar-refractivity contribution >= 4 is 23.3 Å². The summed E-state index contributed by atoms with van der Waals surface area (Å²) in [6.07, 6.45) is -1.28. The Morgan fingerprint density at radius 2 is 1.68 bits per heavy atom. The third kappa shape index (κ3) is 5.24. The van der Waals surface area contributed by atoms with Gasteiger partial charge in [-0.3, -0.25) is 14.9 Å². The quantitative estimate of drug-likeness (QED) is 0.344. The molecule has 0 heterocycles. The van der Waals surface area contributed by atoms with Crippen LogP contribution in [0.1, 0.15) is 27.6 Å². The fraction of sp³-hybridized carbons (Fsp3) is 0.130. The molecule has 0 aliphatic rings. The smallest absolute Gasteiger partial charge is 0.343 e. The van der Waals surface area contributed by atoms with Crippen LogP contribution in [0.25, 0.3) is 0 Å². The van der Waals surface area contributed by atoms with Crippen LogP contribution in [-0.4, -0.2) is 23.9 Å². The number of aryl methyl sites for hydroxylation is 1. The van der Waals surface area contributed by atoms with Crippen molar-refractivity contribution in [1.29, 1.82) is 0 Å². The number of hydrogen-bond acceptors (Lipinski definition) is 6. The molecular weight excluding hydrogens is 400 g/mol. The van der Waals surface area contributed by atoms with E-state index in [-0.39, 0.29) is 17.0 Å². The highest BCUT2D eigenvalue weighted by molar-refractivity contribution is 5.99. The number of esters is 1. The van der Waals surface area contributed by atoms with Crippen LogP contribution < -0.4 is 10.1 Å². The van der Waals surface area contributed by atoms with E-state index in [0.717, 1.165) is 11.6 Å². The summed E-state index contributed by atoms with van der Waals surface area (Å²) in [6.45, 7) is 1.92. The second-order valence-electron chi connectivity index (χ2n) is 6.69. The van der Waals surface area contributed by atoms with Crippen LogP contribution in [0, 0.1) is 17.0 Å². The van der Waals surface area contributed by atoms with Crippen molar-refractivity contribution in [2.75, 3.05) is 12.4 Å². The summed E-state index contributed by atoms with van der Waals surface area (Å²) in [4.78, 5) is 36.3. The number of rotatable bonds is 7. The molecule has 0 spiro atoms. The van der Waals surface area contributed by atoms with Gasteiger partial charge in [0.15, 0.2) is 0 Å². The minimum absolute atomic E-state index is 0.0985. The van der Waals surface area contributed by atoms with Gasteiger partial charge >= 0.3 is 5.97 Å². The van der Waals surface area contributed by atoms with E-state index in [4.69, 9.17) is 9.47 Å². The van der Waals surface area contributed by atoms with Gasteiger partial charge in [-0.15, -0.1) is 0 Å². The number of hydrogen-bond donors (Lipinski definition) is 1. The van der Waals surface area contributed by atoms with Gasteiger partial charge < -0.3 is 14.8 Å². The molecule has 3 rings (SSSR count). The van der Waals surface area contributed by atoms with Crippen molar-refractivity contribution in [3.8, 4) is 5.75 Å². The number of nitrogens with one attached hydrogen (secondary N) is 1. The number of amides is 1. The number of methoxy groups -OCH3 is 1. The molecule has 0 saturated carbocycles. The third-order valence-electron chi connectivity index (χ3n) is 4.50. The number of benzene rings is 3. The maximum Gasteiger partial charge on any atom is 0.343 e. The van der Waals surface area contributed by atoms with Crippen molar-refractivity contribution < 1.29 is 24.0 Å². The highest BCUT2D eigenvalue weighted by Crippen LogP contribution is 2.28. The highest BCUT2D eigenvalue weighted by Gasteiger charge is 2.28. The van der Waals surface area contributed by atoms with Crippen molar-refractivity contribution in [3.63, 3.8) is 0 Å². The number of anilines is 1. The zero-order valence-electron chi connectivity index (χ0n) is 16.9. The molecule has 8 nitrogen and oxygen atoms in total. The molecule has 0 fully saturated rings. The molecule has 0 aromatic heterocycles. The van der Waals surface area contributed by atoms with Crippen molar-refractivity contribution in [3.05, 3.63) is 99.6 Å². The average molecular weight is 420 g/mol. The molecule has 0 radical (unpaired) electrons. The predicted octanol–water partition coefficient (Wildman–Crippen LogP) is 4.45. The minimum atomic E-state index is -1.28. The Bertz CT molecular complexity index is 1100. The van der Waals surface area contributed by atoms with Gasteiger partial charge in [0.1, 0.15) is 11.3 Å². The van der Waals surface area contributed by atoms with Crippen molar-refractivity contribution in [2.24, 2.45) is 0 Å². The van der Waals surface area contributed by atoms with E-state index in [1.165, 1.54) is 19.2 Å². The van der Waals surface area contributed by atoms with Gasteiger partial charge in [-0.1, -0.05) is 48.0 Å². The van der Waals surface area contributed by atoms with Crippen LogP contribution >= 0.6 is 0 Å². The van der Waals surface area contributed by atoms with Gasteiger partial charge in [-0.05, 0) is 25.1 Å². The summed E-state index contributed by atoms with van der Waals surface area (Å²) in [5.41, 5.74) is 1.57. The maximum atomic E-state index is 13.0. The zero-order valence-corrected chi connectivity index (χ0v) is 16.9. The van der Waals surface area contributed by atoms with E-state index >= 15 is 0 Å². The van der Waals surface area contributed by atoms with E-state index in [1.54, 1.807) is 42.5 Å². The fourth-order valence-electron chi connectivity index (χ4n) is 2.89. The van der Waals surface area contributed by atoms with Gasteiger partial charge in [0.25, 0.3) is 11.6 Å². The summed E-state index contributed by atoms with van der Waals surface area (Å²) >= 11 is 0. The Morgan fingerprint density at radius 3 is 2.29 bits per heavy atom. The topological polar surface area (TPSA) is 108 Å². The fourth-order valence-corrected chi connectivity index (χ4v) is 2.89. The lowest BCUT2D eigenvalue weighted by Crippen LogP contribution is -2.26. The molecule has 1 amide bonds. The third-order valence-corrected chi connectivity index (χ3v) is 4.50. The Hall–Kier alpha value is -4.20. The Balaban J connectivity index is 1.91. The summed E-state index contributed by atoms with van der Waals surface area (Å²) < 4.78 is 10.6. The van der Waals surface area contributed by atoms with Gasteiger partial charge in [0.05, 0.1) is 12.0 Å². The number of nitro benzene ring substituents is 1. The van der Waals surface area contributed by atoms with Gasteiger partial charge in [-0.25, -0.2) is 4.79 Å². The first-order chi connectivity index (χ1) is 14.9. The van der Waals surface area contributed by atoms with Crippen molar-refractivity contribution in [2.45, 2.75) is 13.0 Å². The SMILES string of the molecule is COc1ccc([N+](=O)[O-])cc1C(=O)OC(C(=O)Nc1ccc(C)cc1)c1ccccc1. The number of ether oxygens (including phenoxy) is 2. The van der Waals surface area contributed by atoms with E-state index in [1.807, 2.05) is 19.1 Å². The van der Waals surface area contributed by atoms with E-state index in [2.05, 4.69) is 5.32 Å². The maximum absolute atomic E-state index is 13.0. The largest absolute Gasteiger partial charge is 0.496 e. The molecule has 3 aromatic rings. The van der Waals surface area contributed by atoms with E-state index < -0.39 is 22.9 Å². The van der Waals surface area contributed by atoms with Crippen LogP contribution in [-0.2, 0) is 9.53 Å². The molecule has 1 atom stereocenters. The number of nitrogens with zero attached hydrogens (tertiary/aromatic N) is 1.